The smallest absolute Gasteiger partial charge is 0.277 e. The molecule has 21 heavy (non-hydrogen) atoms. The molecule has 3 rings (SSSR count). The molecule has 110 valence electrons. The lowest BCUT2D eigenvalue weighted by Gasteiger charge is -2.15. The van der Waals surface area contributed by atoms with Crippen molar-refractivity contribution >= 4 is 11.9 Å². The van der Waals surface area contributed by atoms with E-state index in [1.807, 2.05) is 18.2 Å². The van der Waals surface area contributed by atoms with E-state index in [0.717, 1.165) is 17.5 Å². The second-order valence-electron chi connectivity index (χ2n) is 4.68. The van der Waals surface area contributed by atoms with Crippen LogP contribution in [0.15, 0.2) is 36.4 Å². The summed E-state index contributed by atoms with van der Waals surface area (Å²) in [7, 11) is 1.59. The van der Waals surface area contributed by atoms with E-state index >= 15 is 0 Å². The first-order valence-electron chi connectivity index (χ1n) is 6.42. The predicted molar refractivity (Wildman–Crippen MR) is 73.0 cm³/mol. The predicted octanol–water partition coefficient (Wildman–Crippen LogP) is 0.297. The fourth-order valence-corrected chi connectivity index (χ4v) is 2.53. The second-order valence-corrected chi connectivity index (χ2v) is 4.68. The van der Waals surface area contributed by atoms with Crippen molar-refractivity contribution in [1.82, 2.24) is 0 Å². The standard InChI is InChI=1S/C16H14F2NO.BrH/c1-20-15-7-2-4-11-8-9-19(10-12(11)15)16-13(17)5-3-6-14(16)18;/h2-7,10H,8-9H2,1H3;1H/q+1;/p-1. The van der Waals surface area contributed by atoms with Gasteiger partial charge in [-0.2, -0.15) is 13.4 Å². The van der Waals surface area contributed by atoms with E-state index in [9.17, 15) is 8.78 Å². The van der Waals surface area contributed by atoms with E-state index in [1.54, 1.807) is 17.9 Å². The van der Waals surface area contributed by atoms with Gasteiger partial charge in [-0.25, -0.2) is 0 Å². The molecule has 2 nitrogen and oxygen atoms in total. The van der Waals surface area contributed by atoms with Crippen molar-refractivity contribution in [2.45, 2.75) is 6.42 Å². The third-order valence-corrected chi connectivity index (χ3v) is 3.51. The Morgan fingerprint density at radius 2 is 1.71 bits per heavy atom. The maximum Gasteiger partial charge on any atom is 0.277 e. The third-order valence-electron chi connectivity index (χ3n) is 3.51. The summed E-state index contributed by atoms with van der Waals surface area (Å²) >= 11 is 0. The summed E-state index contributed by atoms with van der Waals surface area (Å²) in [6, 6.07) is 9.67. The van der Waals surface area contributed by atoms with Gasteiger partial charge in [-0.1, -0.05) is 18.2 Å². The molecule has 0 unspecified atom stereocenters. The van der Waals surface area contributed by atoms with Gasteiger partial charge >= 0.3 is 0 Å². The number of para-hydroxylation sites is 1. The molecule has 0 saturated heterocycles. The molecule has 0 fully saturated rings. The molecule has 0 radical (unpaired) electrons. The average molecular weight is 354 g/mol. The fourth-order valence-electron chi connectivity index (χ4n) is 2.53. The van der Waals surface area contributed by atoms with Crippen LogP contribution in [0.5, 0.6) is 5.75 Å². The van der Waals surface area contributed by atoms with Crippen molar-refractivity contribution in [1.29, 1.82) is 0 Å². The number of rotatable bonds is 2. The molecule has 0 saturated carbocycles. The van der Waals surface area contributed by atoms with E-state index < -0.39 is 11.6 Å². The molecule has 0 N–H and O–H groups in total. The van der Waals surface area contributed by atoms with Crippen LogP contribution in [-0.2, 0) is 6.42 Å². The van der Waals surface area contributed by atoms with Crippen LogP contribution >= 0.6 is 0 Å². The zero-order chi connectivity index (χ0) is 14.1. The molecule has 0 amide bonds. The Bertz CT molecular complexity index is 680. The number of benzene rings is 2. The van der Waals surface area contributed by atoms with Crippen molar-refractivity contribution in [3.05, 3.63) is 59.2 Å². The summed E-state index contributed by atoms with van der Waals surface area (Å²) in [5, 5.41) is 0. The highest BCUT2D eigenvalue weighted by Crippen LogP contribution is 2.28. The largest absolute Gasteiger partial charge is 1.00 e. The van der Waals surface area contributed by atoms with Crippen LogP contribution in [0.2, 0.25) is 0 Å². The van der Waals surface area contributed by atoms with Gasteiger partial charge in [0.15, 0.2) is 24.4 Å². The molecule has 0 aliphatic carbocycles. The van der Waals surface area contributed by atoms with Gasteiger partial charge in [0.25, 0.3) is 5.69 Å². The van der Waals surface area contributed by atoms with Crippen LogP contribution in [0.25, 0.3) is 0 Å². The first-order chi connectivity index (χ1) is 9.70. The van der Waals surface area contributed by atoms with E-state index in [0.29, 0.717) is 12.3 Å². The summed E-state index contributed by atoms with van der Waals surface area (Å²) in [5.41, 5.74) is 1.99. The minimum atomic E-state index is -0.556. The lowest BCUT2D eigenvalue weighted by molar-refractivity contribution is -0.441. The highest BCUT2D eigenvalue weighted by atomic mass is 79.9. The second kappa shape index (κ2) is 6.35. The van der Waals surface area contributed by atoms with Crippen LogP contribution in [0.3, 0.4) is 0 Å². The van der Waals surface area contributed by atoms with Gasteiger partial charge in [-0.3, -0.25) is 0 Å². The first kappa shape index (κ1) is 15.6. The average Bonchev–Trinajstić information content (AvgIpc) is 2.46. The Kier molecular flexibility index (Phi) is 4.73. The van der Waals surface area contributed by atoms with Gasteiger partial charge in [0.05, 0.1) is 12.7 Å². The van der Waals surface area contributed by atoms with Crippen molar-refractivity contribution < 1.29 is 35.1 Å². The van der Waals surface area contributed by atoms with Gasteiger partial charge in [0.2, 0.25) is 0 Å². The molecular weight excluding hydrogens is 340 g/mol. The highest BCUT2D eigenvalue weighted by Gasteiger charge is 2.26. The molecule has 1 aliphatic rings. The molecule has 5 heteroatoms. The van der Waals surface area contributed by atoms with Crippen LogP contribution in [0.4, 0.5) is 14.5 Å². The SMILES string of the molecule is COc1cccc2c1C=[N+](c1c(F)cccc1F)CC2.[Br-]. The van der Waals surface area contributed by atoms with Crippen molar-refractivity contribution in [3.63, 3.8) is 0 Å². The Hall–Kier alpha value is -1.75. The molecule has 0 bridgehead atoms. The zero-order valence-corrected chi connectivity index (χ0v) is 13.0. The lowest BCUT2D eigenvalue weighted by Crippen LogP contribution is -3.00. The maximum atomic E-state index is 13.9. The van der Waals surface area contributed by atoms with Gasteiger partial charge in [0, 0.05) is 6.42 Å². The molecule has 0 spiro atoms. The first-order valence-corrected chi connectivity index (χ1v) is 6.42. The zero-order valence-electron chi connectivity index (χ0n) is 11.4. The summed E-state index contributed by atoms with van der Waals surface area (Å²) in [6.45, 7) is 0.540. The summed E-state index contributed by atoms with van der Waals surface area (Å²) in [4.78, 5) is 0. The Labute approximate surface area is 132 Å². The number of hydrogen-bond acceptors (Lipinski definition) is 1. The van der Waals surface area contributed by atoms with Crippen molar-refractivity contribution in [2.75, 3.05) is 13.7 Å². The Balaban J connectivity index is 0.00000161. The highest BCUT2D eigenvalue weighted by molar-refractivity contribution is 5.83. The fraction of sp³-hybridized carbons (Fsp3) is 0.188. The van der Waals surface area contributed by atoms with E-state index in [4.69, 9.17) is 4.74 Å². The van der Waals surface area contributed by atoms with Crippen LogP contribution < -0.4 is 21.7 Å². The topological polar surface area (TPSA) is 12.2 Å². The number of fused-ring (bicyclic) bond motifs is 1. The van der Waals surface area contributed by atoms with Crippen molar-refractivity contribution in [3.8, 4) is 5.75 Å². The summed E-state index contributed by atoms with van der Waals surface area (Å²) in [6.07, 6.45) is 2.47. The van der Waals surface area contributed by atoms with Crippen LogP contribution in [-0.4, -0.2) is 24.4 Å². The molecule has 2 aromatic carbocycles. The molecular formula is C16H14BrF2NO. The van der Waals surface area contributed by atoms with Gasteiger partial charge in [-0.15, -0.1) is 0 Å². The molecule has 0 aromatic heterocycles. The number of ether oxygens (including phenoxy) is 1. The summed E-state index contributed by atoms with van der Waals surface area (Å²) in [5.74, 6) is -0.400. The van der Waals surface area contributed by atoms with Crippen LogP contribution in [0.1, 0.15) is 11.1 Å². The van der Waals surface area contributed by atoms with E-state index in [1.165, 1.54) is 18.2 Å². The Morgan fingerprint density at radius 3 is 2.38 bits per heavy atom. The maximum absolute atomic E-state index is 13.9. The third kappa shape index (κ3) is 2.83. The Morgan fingerprint density at radius 1 is 1.05 bits per heavy atom. The number of methoxy groups -OCH3 is 1. The normalized spacial score (nSPS) is 13.0. The van der Waals surface area contributed by atoms with Gasteiger partial charge in [-0.05, 0) is 23.8 Å². The lowest BCUT2D eigenvalue weighted by atomic mass is 10.0. The van der Waals surface area contributed by atoms with Gasteiger partial charge in [0.1, 0.15) is 5.75 Å². The molecule has 0 atom stereocenters. The number of nitrogens with zero attached hydrogens (tertiary/aromatic N) is 1. The number of halogens is 3. The monoisotopic (exact) mass is 353 g/mol. The molecule has 1 aliphatic heterocycles. The quantitative estimate of drug-likeness (QED) is 0.707. The summed E-state index contributed by atoms with van der Waals surface area (Å²) < 4.78 is 34.6. The van der Waals surface area contributed by atoms with Gasteiger partial charge < -0.3 is 21.7 Å². The van der Waals surface area contributed by atoms with E-state index in [2.05, 4.69) is 0 Å². The molecule has 1 heterocycles. The van der Waals surface area contributed by atoms with E-state index in [-0.39, 0.29) is 22.7 Å². The minimum absolute atomic E-state index is 0. The van der Waals surface area contributed by atoms with Crippen molar-refractivity contribution in [2.24, 2.45) is 0 Å². The number of hydrogen-bond donors (Lipinski definition) is 0. The molecule has 2 aromatic rings. The minimum Gasteiger partial charge on any atom is -1.00 e. The van der Waals surface area contributed by atoms with Crippen LogP contribution in [0, 0.1) is 11.6 Å².